The van der Waals surface area contributed by atoms with Crippen LogP contribution in [0.15, 0.2) is 46.9 Å². The third kappa shape index (κ3) is 3.35. The molecule has 0 aliphatic carbocycles. The number of carbonyl (C=O) groups is 1. The van der Waals surface area contributed by atoms with Crippen LogP contribution in [-0.2, 0) is 6.61 Å². The smallest absolute Gasteiger partial charge is 0.336 e. The van der Waals surface area contributed by atoms with Gasteiger partial charge in [0.2, 0.25) is 0 Å². The highest BCUT2D eigenvalue weighted by molar-refractivity contribution is 9.10. The lowest BCUT2D eigenvalue weighted by atomic mass is 10.0. The van der Waals surface area contributed by atoms with E-state index in [-0.39, 0.29) is 12.2 Å². The quantitative estimate of drug-likeness (QED) is 0.924. The summed E-state index contributed by atoms with van der Waals surface area (Å²) in [7, 11) is 0. The predicted molar refractivity (Wildman–Crippen MR) is 76.6 cm³/mol. The first-order valence-electron chi connectivity index (χ1n) is 5.78. The molecule has 2 aromatic carbocycles. The lowest BCUT2D eigenvalue weighted by molar-refractivity contribution is 0.0693. The van der Waals surface area contributed by atoms with Gasteiger partial charge in [-0.15, -0.1) is 0 Å². The standard InChI is InChI=1S/C15H13BrO3/c1-10-3-2-4-13(15(17)18)14(10)9-19-12-7-5-11(16)6-8-12/h2-8H,9H2,1H3,(H,17,18). The fraction of sp³-hybridized carbons (Fsp3) is 0.133. The van der Waals surface area contributed by atoms with Crippen LogP contribution in [0.1, 0.15) is 21.5 Å². The van der Waals surface area contributed by atoms with E-state index in [0.717, 1.165) is 10.0 Å². The Labute approximate surface area is 120 Å². The maximum Gasteiger partial charge on any atom is 0.336 e. The highest BCUT2D eigenvalue weighted by atomic mass is 79.9. The zero-order chi connectivity index (χ0) is 13.8. The van der Waals surface area contributed by atoms with Crippen molar-refractivity contribution in [2.45, 2.75) is 13.5 Å². The number of hydrogen-bond acceptors (Lipinski definition) is 2. The normalized spacial score (nSPS) is 10.2. The Morgan fingerprint density at radius 2 is 1.89 bits per heavy atom. The van der Waals surface area contributed by atoms with Gasteiger partial charge in [-0.1, -0.05) is 28.1 Å². The summed E-state index contributed by atoms with van der Waals surface area (Å²) < 4.78 is 6.61. The number of rotatable bonds is 4. The Kier molecular flexibility index (Phi) is 4.22. The summed E-state index contributed by atoms with van der Waals surface area (Å²) in [6, 6.07) is 12.6. The van der Waals surface area contributed by atoms with Crippen molar-refractivity contribution in [3.63, 3.8) is 0 Å². The predicted octanol–water partition coefficient (Wildman–Crippen LogP) is 4.03. The summed E-state index contributed by atoms with van der Waals surface area (Å²) in [6.07, 6.45) is 0. The van der Waals surface area contributed by atoms with Crippen molar-refractivity contribution in [3.8, 4) is 5.75 Å². The molecule has 2 rings (SSSR count). The van der Waals surface area contributed by atoms with E-state index < -0.39 is 5.97 Å². The van der Waals surface area contributed by atoms with Gasteiger partial charge >= 0.3 is 5.97 Å². The highest BCUT2D eigenvalue weighted by Crippen LogP contribution is 2.20. The topological polar surface area (TPSA) is 46.5 Å². The number of aromatic carboxylic acids is 1. The molecule has 0 amide bonds. The largest absolute Gasteiger partial charge is 0.489 e. The lowest BCUT2D eigenvalue weighted by Gasteiger charge is -2.11. The van der Waals surface area contributed by atoms with Gasteiger partial charge < -0.3 is 9.84 Å². The minimum absolute atomic E-state index is 0.246. The molecule has 0 atom stereocenters. The molecule has 0 fully saturated rings. The van der Waals surface area contributed by atoms with Gasteiger partial charge in [0.25, 0.3) is 0 Å². The molecule has 0 saturated heterocycles. The minimum Gasteiger partial charge on any atom is -0.489 e. The summed E-state index contributed by atoms with van der Waals surface area (Å²) in [5.41, 5.74) is 1.91. The number of hydrogen-bond donors (Lipinski definition) is 1. The van der Waals surface area contributed by atoms with E-state index in [9.17, 15) is 4.79 Å². The van der Waals surface area contributed by atoms with E-state index >= 15 is 0 Å². The molecule has 19 heavy (non-hydrogen) atoms. The second-order valence-corrected chi connectivity index (χ2v) is 5.06. The van der Waals surface area contributed by atoms with Crippen molar-refractivity contribution >= 4 is 21.9 Å². The minimum atomic E-state index is -0.932. The Morgan fingerprint density at radius 3 is 2.53 bits per heavy atom. The number of carboxylic acid groups (broad SMARTS) is 1. The van der Waals surface area contributed by atoms with Gasteiger partial charge in [-0.2, -0.15) is 0 Å². The summed E-state index contributed by atoms with van der Waals surface area (Å²) in [5.74, 6) is -0.221. The lowest BCUT2D eigenvalue weighted by Crippen LogP contribution is -2.07. The number of ether oxygens (including phenoxy) is 1. The molecular weight excluding hydrogens is 308 g/mol. The molecule has 0 aliphatic heterocycles. The van der Waals surface area contributed by atoms with Crippen molar-refractivity contribution in [1.82, 2.24) is 0 Å². The zero-order valence-electron chi connectivity index (χ0n) is 10.4. The van der Waals surface area contributed by atoms with Gasteiger partial charge in [0, 0.05) is 10.0 Å². The zero-order valence-corrected chi connectivity index (χ0v) is 12.0. The molecule has 0 saturated carbocycles. The van der Waals surface area contributed by atoms with Gasteiger partial charge in [0.1, 0.15) is 12.4 Å². The van der Waals surface area contributed by atoms with Crippen LogP contribution in [0.2, 0.25) is 0 Å². The first-order valence-corrected chi connectivity index (χ1v) is 6.57. The monoisotopic (exact) mass is 320 g/mol. The van der Waals surface area contributed by atoms with E-state index in [1.165, 1.54) is 0 Å². The second kappa shape index (κ2) is 5.89. The Hall–Kier alpha value is -1.81. The molecule has 4 heteroatoms. The van der Waals surface area contributed by atoms with Crippen LogP contribution in [0.4, 0.5) is 0 Å². The maximum absolute atomic E-state index is 11.2. The van der Waals surface area contributed by atoms with Crippen molar-refractivity contribution in [2.75, 3.05) is 0 Å². The molecule has 0 aromatic heterocycles. The molecule has 98 valence electrons. The first-order chi connectivity index (χ1) is 9.08. The van der Waals surface area contributed by atoms with E-state index in [0.29, 0.717) is 11.3 Å². The number of aryl methyl sites for hydroxylation is 1. The highest BCUT2D eigenvalue weighted by Gasteiger charge is 2.12. The fourth-order valence-corrected chi connectivity index (χ4v) is 2.04. The third-order valence-electron chi connectivity index (χ3n) is 2.84. The summed E-state index contributed by atoms with van der Waals surface area (Å²) in [4.78, 5) is 11.2. The number of halogens is 1. The molecule has 0 unspecified atom stereocenters. The molecule has 0 spiro atoms. The average Bonchev–Trinajstić information content (AvgIpc) is 2.39. The first kappa shape index (κ1) is 13.6. The van der Waals surface area contributed by atoms with Crippen LogP contribution in [0.5, 0.6) is 5.75 Å². The van der Waals surface area contributed by atoms with Crippen LogP contribution < -0.4 is 4.74 Å². The van der Waals surface area contributed by atoms with Crippen LogP contribution in [0, 0.1) is 6.92 Å². The van der Waals surface area contributed by atoms with Gasteiger partial charge in [-0.05, 0) is 42.8 Å². The fourth-order valence-electron chi connectivity index (χ4n) is 1.78. The molecule has 1 N–H and O–H groups in total. The van der Waals surface area contributed by atoms with Crippen molar-refractivity contribution in [1.29, 1.82) is 0 Å². The molecule has 0 heterocycles. The maximum atomic E-state index is 11.2. The van der Waals surface area contributed by atoms with Crippen molar-refractivity contribution in [3.05, 3.63) is 63.6 Å². The summed E-state index contributed by atoms with van der Waals surface area (Å²) >= 11 is 3.35. The number of carboxylic acids is 1. The molecule has 0 aliphatic rings. The third-order valence-corrected chi connectivity index (χ3v) is 3.37. The van der Waals surface area contributed by atoms with Gasteiger partial charge in [-0.25, -0.2) is 4.79 Å². The van der Waals surface area contributed by atoms with E-state index in [4.69, 9.17) is 9.84 Å². The molecule has 0 radical (unpaired) electrons. The number of benzene rings is 2. The molecule has 2 aromatic rings. The average molecular weight is 321 g/mol. The van der Waals surface area contributed by atoms with Gasteiger partial charge in [0.05, 0.1) is 5.56 Å². The van der Waals surface area contributed by atoms with Crippen LogP contribution in [0.25, 0.3) is 0 Å². The second-order valence-electron chi connectivity index (χ2n) is 4.15. The van der Waals surface area contributed by atoms with Crippen molar-refractivity contribution in [2.24, 2.45) is 0 Å². The van der Waals surface area contributed by atoms with Crippen LogP contribution in [-0.4, -0.2) is 11.1 Å². The summed E-state index contributed by atoms with van der Waals surface area (Å²) in [6.45, 7) is 2.13. The molecule has 3 nitrogen and oxygen atoms in total. The van der Waals surface area contributed by atoms with Gasteiger partial charge in [0.15, 0.2) is 0 Å². The molecular formula is C15H13BrO3. The van der Waals surface area contributed by atoms with Crippen LogP contribution >= 0.6 is 15.9 Å². The van der Waals surface area contributed by atoms with Crippen LogP contribution in [0.3, 0.4) is 0 Å². The molecule has 0 bridgehead atoms. The van der Waals surface area contributed by atoms with E-state index in [2.05, 4.69) is 15.9 Å². The van der Waals surface area contributed by atoms with Crippen molar-refractivity contribution < 1.29 is 14.6 Å². The summed E-state index contributed by atoms with van der Waals surface area (Å²) in [5, 5.41) is 9.16. The Bertz CT molecular complexity index is 591. The SMILES string of the molecule is Cc1cccc(C(=O)O)c1COc1ccc(Br)cc1. The van der Waals surface area contributed by atoms with Gasteiger partial charge in [-0.3, -0.25) is 0 Å². The van der Waals surface area contributed by atoms with E-state index in [1.807, 2.05) is 37.3 Å². The van der Waals surface area contributed by atoms with E-state index in [1.54, 1.807) is 12.1 Å². The Morgan fingerprint density at radius 1 is 1.21 bits per heavy atom. The Balaban J connectivity index is 2.19.